The van der Waals surface area contributed by atoms with E-state index in [4.69, 9.17) is 0 Å². The van der Waals surface area contributed by atoms with E-state index in [0.717, 1.165) is 36.2 Å². The van der Waals surface area contributed by atoms with Crippen LogP contribution in [-0.4, -0.2) is 42.1 Å². The third kappa shape index (κ3) is 5.98. The molecule has 0 aliphatic heterocycles. The molecule has 1 aliphatic carbocycles. The summed E-state index contributed by atoms with van der Waals surface area (Å²) in [6.45, 7) is 2.20. The van der Waals surface area contributed by atoms with Crippen LogP contribution in [0.3, 0.4) is 0 Å². The van der Waals surface area contributed by atoms with Gasteiger partial charge in [0.1, 0.15) is 4.60 Å². The number of hydrogen-bond acceptors (Lipinski definition) is 5. The van der Waals surface area contributed by atoms with Crippen LogP contribution in [0.2, 0.25) is 0 Å². The molecule has 0 bridgehead atoms. The van der Waals surface area contributed by atoms with Gasteiger partial charge in [-0.25, -0.2) is 4.98 Å². The maximum absolute atomic E-state index is 11.2. The predicted octanol–water partition coefficient (Wildman–Crippen LogP) is 1.22. The lowest BCUT2D eigenvalue weighted by atomic mass is 9.86. The topological polar surface area (TPSA) is 78.9 Å². The summed E-state index contributed by atoms with van der Waals surface area (Å²) in [5, 5.41) is 9.42. The molecule has 1 aromatic heterocycles. The summed E-state index contributed by atoms with van der Waals surface area (Å²) in [7, 11) is 1.67. The summed E-state index contributed by atoms with van der Waals surface area (Å²) in [4.78, 5) is 19.7. The van der Waals surface area contributed by atoms with Gasteiger partial charge in [-0.2, -0.15) is 0 Å². The number of carbonyl (C=O) groups is 1. The minimum absolute atomic E-state index is 0.0550. The number of rotatable bonds is 7. The summed E-state index contributed by atoms with van der Waals surface area (Å²) in [6.07, 6.45) is 8.19. The Hall–Kier alpha value is -1.05. The summed E-state index contributed by atoms with van der Waals surface area (Å²) < 4.78 is 0.763. The molecule has 0 unspecified atom stereocenters. The Morgan fingerprint density at radius 2 is 2.05 bits per heavy atom. The molecule has 1 aliphatic rings. The quantitative estimate of drug-likeness (QED) is 0.673. The van der Waals surface area contributed by atoms with Crippen molar-refractivity contribution in [2.24, 2.45) is 5.92 Å². The SMILES string of the molecule is CNC(=O)CN[C@H]1CC[C@H](CNCc2cnc(Br)cn2)CC1. The van der Waals surface area contributed by atoms with E-state index >= 15 is 0 Å². The van der Waals surface area contributed by atoms with Crippen molar-refractivity contribution in [1.82, 2.24) is 25.9 Å². The van der Waals surface area contributed by atoms with Crippen LogP contribution in [0.1, 0.15) is 31.4 Å². The third-order valence-corrected chi connectivity index (χ3v) is 4.50. The van der Waals surface area contributed by atoms with Crippen LogP contribution < -0.4 is 16.0 Å². The van der Waals surface area contributed by atoms with Crippen molar-refractivity contribution in [3.8, 4) is 0 Å². The summed E-state index contributed by atoms with van der Waals surface area (Å²) in [6, 6.07) is 0.478. The van der Waals surface area contributed by atoms with Crippen LogP contribution in [0.25, 0.3) is 0 Å². The van der Waals surface area contributed by atoms with E-state index in [0.29, 0.717) is 18.5 Å². The molecule has 122 valence electrons. The van der Waals surface area contributed by atoms with E-state index in [9.17, 15) is 4.79 Å². The lowest BCUT2D eigenvalue weighted by Crippen LogP contribution is -2.40. The van der Waals surface area contributed by atoms with Gasteiger partial charge in [-0.1, -0.05) is 0 Å². The van der Waals surface area contributed by atoms with Gasteiger partial charge in [0.2, 0.25) is 5.91 Å². The molecular formula is C15H24BrN5O. The zero-order valence-corrected chi connectivity index (χ0v) is 14.5. The highest BCUT2D eigenvalue weighted by molar-refractivity contribution is 9.10. The molecule has 1 saturated carbocycles. The van der Waals surface area contributed by atoms with E-state index < -0.39 is 0 Å². The Morgan fingerprint density at radius 3 is 2.68 bits per heavy atom. The average molecular weight is 370 g/mol. The van der Waals surface area contributed by atoms with Crippen LogP contribution >= 0.6 is 15.9 Å². The smallest absolute Gasteiger partial charge is 0.233 e. The summed E-state index contributed by atoms with van der Waals surface area (Å²) in [5.41, 5.74) is 0.962. The monoisotopic (exact) mass is 369 g/mol. The van der Waals surface area contributed by atoms with Crippen molar-refractivity contribution in [2.75, 3.05) is 20.1 Å². The number of nitrogens with one attached hydrogen (secondary N) is 3. The largest absolute Gasteiger partial charge is 0.358 e. The normalized spacial score (nSPS) is 21.5. The number of carbonyl (C=O) groups excluding carboxylic acids is 1. The molecule has 3 N–H and O–H groups in total. The van der Waals surface area contributed by atoms with Crippen molar-refractivity contribution in [1.29, 1.82) is 0 Å². The molecule has 0 saturated heterocycles. The van der Waals surface area contributed by atoms with Crippen molar-refractivity contribution in [3.05, 3.63) is 22.7 Å². The highest BCUT2D eigenvalue weighted by Gasteiger charge is 2.20. The van der Waals surface area contributed by atoms with Crippen LogP contribution in [0.5, 0.6) is 0 Å². The standard InChI is InChI=1S/C15H24BrN5O/c1-17-15(22)10-20-12-4-2-11(3-5-12)6-18-7-13-8-21-14(16)9-19-13/h8-9,11-12,18,20H,2-7,10H2,1H3,(H,17,22)/t11-,12-. The van der Waals surface area contributed by atoms with Crippen LogP contribution in [0, 0.1) is 5.92 Å². The first-order valence-corrected chi connectivity index (χ1v) is 8.57. The van der Waals surface area contributed by atoms with Gasteiger partial charge >= 0.3 is 0 Å². The molecule has 1 heterocycles. The zero-order chi connectivity index (χ0) is 15.8. The highest BCUT2D eigenvalue weighted by atomic mass is 79.9. The Labute approximate surface area is 140 Å². The Morgan fingerprint density at radius 1 is 1.27 bits per heavy atom. The molecule has 7 heteroatoms. The van der Waals surface area contributed by atoms with E-state index in [-0.39, 0.29) is 5.91 Å². The molecule has 2 rings (SSSR count). The maximum atomic E-state index is 11.2. The third-order valence-electron chi connectivity index (χ3n) is 4.09. The fourth-order valence-electron chi connectivity index (χ4n) is 2.73. The molecule has 1 fully saturated rings. The summed E-state index contributed by atoms with van der Waals surface area (Å²) in [5.74, 6) is 0.765. The predicted molar refractivity (Wildman–Crippen MR) is 89.3 cm³/mol. The lowest BCUT2D eigenvalue weighted by molar-refractivity contribution is -0.119. The first kappa shape index (κ1) is 17.3. The van der Waals surface area contributed by atoms with E-state index in [1.807, 2.05) is 0 Å². The fourth-order valence-corrected chi connectivity index (χ4v) is 2.94. The van der Waals surface area contributed by atoms with Gasteiger partial charge in [-0.3, -0.25) is 9.78 Å². The second-order valence-electron chi connectivity index (χ2n) is 5.73. The minimum Gasteiger partial charge on any atom is -0.358 e. The minimum atomic E-state index is 0.0550. The van der Waals surface area contributed by atoms with Crippen LogP contribution in [-0.2, 0) is 11.3 Å². The van der Waals surface area contributed by atoms with Gasteiger partial charge in [0.25, 0.3) is 0 Å². The first-order chi connectivity index (χ1) is 10.7. The van der Waals surface area contributed by atoms with Crippen LogP contribution in [0.15, 0.2) is 17.0 Å². The molecular weight excluding hydrogens is 346 g/mol. The van der Waals surface area contributed by atoms with Gasteiger partial charge in [-0.15, -0.1) is 0 Å². The number of halogens is 1. The number of hydrogen-bond donors (Lipinski definition) is 3. The molecule has 1 aromatic rings. The van der Waals surface area contributed by atoms with Crippen molar-refractivity contribution in [2.45, 2.75) is 38.3 Å². The summed E-state index contributed by atoms with van der Waals surface area (Å²) >= 11 is 3.28. The molecule has 0 radical (unpaired) electrons. The molecule has 22 heavy (non-hydrogen) atoms. The van der Waals surface area contributed by atoms with E-state index in [1.165, 1.54) is 12.8 Å². The van der Waals surface area contributed by atoms with Crippen LogP contribution in [0.4, 0.5) is 0 Å². The van der Waals surface area contributed by atoms with Gasteiger partial charge in [-0.05, 0) is 54.1 Å². The maximum Gasteiger partial charge on any atom is 0.233 e. The van der Waals surface area contributed by atoms with Gasteiger partial charge in [0.05, 0.1) is 24.6 Å². The molecule has 0 spiro atoms. The van der Waals surface area contributed by atoms with E-state index in [2.05, 4.69) is 41.8 Å². The van der Waals surface area contributed by atoms with Crippen molar-refractivity contribution < 1.29 is 4.79 Å². The van der Waals surface area contributed by atoms with Gasteiger partial charge in [0.15, 0.2) is 0 Å². The number of likely N-dealkylation sites (N-methyl/N-ethyl adjacent to an activating group) is 1. The zero-order valence-electron chi connectivity index (χ0n) is 12.9. The number of nitrogens with zero attached hydrogens (tertiary/aromatic N) is 2. The Kier molecular flexibility index (Phi) is 7.21. The second kappa shape index (κ2) is 9.17. The molecule has 0 aromatic carbocycles. The Balaban J connectivity index is 1.59. The first-order valence-electron chi connectivity index (χ1n) is 7.78. The fraction of sp³-hybridized carbons (Fsp3) is 0.667. The van der Waals surface area contributed by atoms with Crippen molar-refractivity contribution in [3.63, 3.8) is 0 Å². The molecule has 1 amide bonds. The van der Waals surface area contributed by atoms with Gasteiger partial charge < -0.3 is 16.0 Å². The van der Waals surface area contributed by atoms with Gasteiger partial charge in [0, 0.05) is 19.6 Å². The Bertz CT molecular complexity index is 460. The second-order valence-corrected chi connectivity index (χ2v) is 6.55. The lowest BCUT2D eigenvalue weighted by Gasteiger charge is -2.29. The average Bonchev–Trinajstić information content (AvgIpc) is 2.55. The molecule has 6 nitrogen and oxygen atoms in total. The number of amides is 1. The molecule has 0 atom stereocenters. The van der Waals surface area contributed by atoms with E-state index in [1.54, 1.807) is 19.4 Å². The number of aromatic nitrogens is 2. The highest BCUT2D eigenvalue weighted by Crippen LogP contribution is 2.23. The van der Waals surface area contributed by atoms with Crippen molar-refractivity contribution >= 4 is 21.8 Å².